The first-order valence-electron chi connectivity index (χ1n) is 6.39. The first-order chi connectivity index (χ1) is 10.1. The van der Waals surface area contributed by atoms with Gasteiger partial charge in [-0.15, -0.1) is 0 Å². The van der Waals surface area contributed by atoms with Gasteiger partial charge in [0, 0.05) is 0 Å². The van der Waals surface area contributed by atoms with Crippen LogP contribution in [0.25, 0.3) is 0 Å². The lowest BCUT2D eigenvalue weighted by molar-refractivity contribution is 0.0642. The minimum atomic E-state index is -0.527. The summed E-state index contributed by atoms with van der Waals surface area (Å²) in [7, 11) is 1.56. The highest BCUT2D eigenvalue weighted by Crippen LogP contribution is 2.25. The van der Waals surface area contributed by atoms with E-state index in [1.807, 2.05) is 0 Å². The van der Waals surface area contributed by atoms with Crippen molar-refractivity contribution in [2.24, 2.45) is 0 Å². The molecule has 106 valence electrons. The highest BCUT2D eigenvalue weighted by Gasteiger charge is 2.35. The number of carbonyl (C=O) groups is 2. The molecule has 4 nitrogen and oxygen atoms in total. The van der Waals surface area contributed by atoms with Crippen molar-refractivity contribution in [3.8, 4) is 5.75 Å². The van der Waals surface area contributed by atoms with Crippen LogP contribution in [0, 0.1) is 5.82 Å². The SMILES string of the molecule is COc1ccc(CN2C(=O)c3ccc(F)cc3C2=O)cc1. The molecule has 3 rings (SSSR count). The maximum absolute atomic E-state index is 13.2. The molecular weight excluding hydrogens is 273 g/mol. The van der Waals surface area contributed by atoms with Gasteiger partial charge >= 0.3 is 0 Å². The van der Waals surface area contributed by atoms with Gasteiger partial charge in [0.1, 0.15) is 11.6 Å². The topological polar surface area (TPSA) is 46.6 Å². The maximum Gasteiger partial charge on any atom is 0.261 e. The van der Waals surface area contributed by atoms with E-state index in [2.05, 4.69) is 0 Å². The summed E-state index contributed by atoms with van der Waals surface area (Å²) in [6.07, 6.45) is 0. The second-order valence-electron chi connectivity index (χ2n) is 4.73. The van der Waals surface area contributed by atoms with Crippen molar-refractivity contribution < 1.29 is 18.7 Å². The first-order valence-corrected chi connectivity index (χ1v) is 6.39. The van der Waals surface area contributed by atoms with E-state index in [-0.39, 0.29) is 17.7 Å². The fourth-order valence-corrected chi connectivity index (χ4v) is 2.32. The molecule has 0 unspecified atom stereocenters. The quantitative estimate of drug-likeness (QED) is 0.814. The smallest absolute Gasteiger partial charge is 0.261 e. The maximum atomic E-state index is 13.2. The lowest BCUT2D eigenvalue weighted by Crippen LogP contribution is -2.29. The van der Waals surface area contributed by atoms with Crippen LogP contribution in [0.5, 0.6) is 5.75 Å². The zero-order valence-electron chi connectivity index (χ0n) is 11.3. The molecule has 0 aliphatic carbocycles. The van der Waals surface area contributed by atoms with Crippen LogP contribution in [0.1, 0.15) is 26.3 Å². The van der Waals surface area contributed by atoms with Crippen LogP contribution >= 0.6 is 0 Å². The Labute approximate surface area is 120 Å². The van der Waals surface area contributed by atoms with E-state index in [9.17, 15) is 14.0 Å². The number of hydrogen-bond donors (Lipinski definition) is 0. The van der Waals surface area contributed by atoms with E-state index in [4.69, 9.17) is 4.74 Å². The average molecular weight is 285 g/mol. The number of benzene rings is 2. The molecule has 0 aromatic heterocycles. The standard InChI is InChI=1S/C16H12FNO3/c1-21-12-5-2-10(3-6-12)9-18-15(19)13-7-4-11(17)8-14(13)16(18)20/h2-8H,9H2,1H3. The molecule has 0 atom stereocenters. The van der Waals surface area contributed by atoms with Crippen LogP contribution in [-0.4, -0.2) is 23.8 Å². The van der Waals surface area contributed by atoms with Gasteiger partial charge in [0.2, 0.25) is 0 Å². The molecule has 1 aliphatic rings. The normalized spacial score (nSPS) is 13.5. The van der Waals surface area contributed by atoms with E-state index < -0.39 is 17.6 Å². The Morgan fingerprint density at radius 2 is 1.67 bits per heavy atom. The fourth-order valence-electron chi connectivity index (χ4n) is 2.32. The number of halogens is 1. The molecule has 2 aromatic rings. The zero-order chi connectivity index (χ0) is 15.0. The molecule has 0 saturated carbocycles. The lowest BCUT2D eigenvalue weighted by atomic mass is 10.1. The summed E-state index contributed by atoms with van der Waals surface area (Å²) in [5.74, 6) is -0.694. The van der Waals surface area contributed by atoms with Crippen LogP contribution in [0.15, 0.2) is 42.5 Å². The van der Waals surface area contributed by atoms with Gasteiger partial charge in [-0.1, -0.05) is 12.1 Å². The summed E-state index contributed by atoms with van der Waals surface area (Å²) in [6, 6.07) is 10.7. The van der Waals surface area contributed by atoms with Crippen molar-refractivity contribution in [2.75, 3.05) is 7.11 Å². The Morgan fingerprint density at radius 3 is 2.33 bits per heavy atom. The van der Waals surface area contributed by atoms with Crippen LogP contribution in [0.2, 0.25) is 0 Å². The molecule has 2 aromatic carbocycles. The van der Waals surface area contributed by atoms with Gasteiger partial charge in [-0.05, 0) is 35.9 Å². The number of imide groups is 1. The Morgan fingerprint density at radius 1 is 1.00 bits per heavy atom. The Balaban J connectivity index is 1.87. The van der Waals surface area contributed by atoms with Crippen molar-refractivity contribution in [3.05, 3.63) is 65.0 Å². The van der Waals surface area contributed by atoms with Crippen LogP contribution < -0.4 is 4.74 Å². The summed E-state index contributed by atoms with van der Waals surface area (Å²) in [4.78, 5) is 25.5. The van der Waals surface area contributed by atoms with Gasteiger partial charge in [0.05, 0.1) is 24.8 Å². The molecule has 0 spiro atoms. The van der Waals surface area contributed by atoms with Gasteiger partial charge < -0.3 is 4.74 Å². The number of amides is 2. The highest BCUT2D eigenvalue weighted by atomic mass is 19.1. The van der Waals surface area contributed by atoms with Crippen LogP contribution in [0.4, 0.5) is 4.39 Å². The van der Waals surface area contributed by atoms with E-state index in [0.717, 1.165) is 16.5 Å². The lowest BCUT2D eigenvalue weighted by Gasteiger charge is -2.14. The van der Waals surface area contributed by atoms with Crippen molar-refractivity contribution in [2.45, 2.75) is 6.54 Å². The van der Waals surface area contributed by atoms with E-state index >= 15 is 0 Å². The summed E-state index contributed by atoms with van der Waals surface area (Å²) in [5, 5.41) is 0. The second-order valence-corrected chi connectivity index (χ2v) is 4.73. The minimum Gasteiger partial charge on any atom is -0.497 e. The minimum absolute atomic E-state index is 0.119. The van der Waals surface area contributed by atoms with E-state index in [1.165, 1.54) is 12.1 Å². The summed E-state index contributed by atoms with van der Waals surface area (Å²) in [5.41, 5.74) is 1.16. The first kappa shape index (κ1) is 13.3. The third-order valence-corrected chi connectivity index (χ3v) is 3.43. The van der Waals surface area contributed by atoms with Crippen molar-refractivity contribution in [1.82, 2.24) is 4.90 Å². The number of methoxy groups -OCH3 is 1. The van der Waals surface area contributed by atoms with E-state index in [0.29, 0.717) is 5.75 Å². The molecule has 0 fully saturated rings. The predicted octanol–water partition coefficient (Wildman–Crippen LogP) is 2.63. The fraction of sp³-hybridized carbons (Fsp3) is 0.125. The number of nitrogens with zero attached hydrogens (tertiary/aromatic N) is 1. The van der Waals surface area contributed by atoms with Gasteiger partial charge in [0.25, 0.3) is 11.8 Å². The second kappa shape index (κ2) is 5.01. The zero-order valence-corrected chi connectivity index (χ0v) is 11.3. The summed E-state index contributed by atoms with van der Waals surface area (Å²) in [6.45, 7) is 0.151. The number of fused-ring (bicyclic) bond motifs is 1. The number of carbonyl (C=O) groups excluding carboxylic acids is 2. The van der Waals surface area contributed by atoms with Crippen molar-refractivity contribution in [1.29, 1.82) is 0 Å². The highest BCUT2D eigenvalue weighted by molar-refractivity contribution is 6.21. The molecule has 21 heavy (non-hydrogen) atoms. The number of hydrogen-bond acceptors (Lipinski definition) is 3. The largest absolute Gasteiger partial charge is 0.497 e. The third kappa shape index (κ3) is 2.27. The Bertz CT molecular complexity index is 725. The van der Waals surface area contributed by atoms with Crippen LogP contribution in [-0.2, 0) is 6.54 Å². The molecule has 0 N–H and O–H groups in total. The third-order valence-electron chi connectivity index (χ3n) is 3.43. The van der Waals surface area contributed by atoms with Gasteiger partial charge in [0.15, 0.2) is 0 Å². The molecule has 0 saturated heterocycles. The Hall–Kier alpha value is -2.69. The number of rotatable bonds is 3. The molecule has 5 heteroatoms. The van der Waals surface area contributed by atoms with Crippen molar-refractivity contribution in [3.63, 3.8) is 0 Å². The van der Waals surface area contributed by atoms with Crippen LogP contribution in [0.3, 0.4) is 0 Å². The van der Waals surface area contributed by atoms with Gasteiger partial charge in [-0.25, -0.2) is 4.39 Å². The predicted molar refractivity (Wildman–Crippen MR) is 73.6 cm³/mol. The van der Waals surface area contributed by atoms with Gasteiger partial charge in [-0.2, -0.15) is 0 Å². The molecule has 2 amide bonds. The Kier molecular flexibility index (Phi) is 3.17. The molecule has 0 bridgehead atoms. The van der Waals surface area contributed by atoms with Crippen molar-refractivity contribution >= 4 is 11.8 Å². The molecule has 1 heterocycles. The molecular formula is C16H12FNO3. The molecule has 0 radical (unpaired) electrons. The van der Waals surface area contributed by atoms with Gasteiger partial charge in [-0.3, -0.25) is 14.5 Å². The molecule has 1 aliphatic heterocycles. The number of ether oxygens (including phenoxy) is 1. The summed E-state index contributed by atoms with van der Waals surface area (Å²) >= 11 is 0. The monoisotopic (exact) mass is 285 g/mol. The average Bonchev–Trinajstić information content (AvgIpc) is 2.73. The van der Waals surface area contributed by atoms with E-state index in [1.54, 1.807) is 31.4 Å². The summed E-state index contributed by atoms with van der Waals surface area (Å²) < 4.78 is 18.3.